The highest BCUT2D eigenvalue weighted by molar-refractivity contribution is 5.05. The summed E-state index contributed by atoms with van der Waals surface area (Å²) in [7, 11) is 0. The number of nitrogens with one attached hydrogen (secondary N) is 1. The summed E-state index contributed by atoms with van der Waals surface area (Å²) in [5.41, 5.74) is 3.25. The van der Waals surface area contributed by atoms with Crippen molar-refractivity contribution in [2.24, 2.45) is 0 Å². The SMILES string of the molecule is C1CN2C[C]1CN2. The molecule has 2 aliphatic heterocycles. The molecule has 0 aliphatic carbocycles. The molecule has 0 saturated carbocycles. The van der Waals surface area contributed by atoms with Gasteiger partial charge in [0.1, 0.15) is 0 Å². The fourth-order valence-corrected chi connectivity index (χ4v) is 1.22. The zero-order chi connectivity index (χ0) is 4.69. The molecule has 2 aliphatic rings. The highest BCUT2D eigenvalue weighted by Gasteiger charge is 2.28. The van der Waals surface area contributed by atoms with E-state index in [1.165, 1.54) is 19.5 Å². The summed E-state index contributed by atoms with van der Waals surface area (Å²) in [6.07, 6.45) is 1.34. The van der Waals surface area contributed by atoms with Crippen LogP contribution in [0, 0.1) is 5.92 Å². The van der Waals surface area contributed by atoms with Gasteiger partial charge in [0.05, 0.1) is 0 Å². The first-order valence-corrected chi connectivity index (χ1v) is 2.77. The van der Waals surface area contributed by atoms with Gasteiger partial charge in [0.25, 0.3) is 0 Å². The van der Waals surface area contributed by atoms with Crippen LogP contribution in [0.1, 0.15) is 6.42 Å². The van der Waals surface area contributed by atoms with E-state index in [-0.39, 0.29) is 0 Å². The van der Waals surface area contributed by atoms with E-state index >= 15 is 0 Å². The maximum atomic E-state index is 3.25. The second-order valence-electron chi connectivity index (χ2n) is 2.26. The van der Waals surface area contributed by atoms with E-state index < -0.39 is 0 Å². The predicted molar refractivity (Wildman–Crippen MR) is 27.4 cm³/mol. The summed E-state index contributed by atoms with van der Waals surface area (Å²) in [5, 5.41) is 2.27. The Morgan fingerprint density at radius 3 is 2.71 bits per heavy atom. The molecular weight excluding hydrogens is 88.1 g/mol. The van der Waals surface area contributed by atoms with Crippen LogP contribution in [0.3, 0.4) is 0 Å². The van der Waals surface area contributed by atoms with Gasteiger partial charge in [0.2, 0.25) is 0 Å². The second-order valence-corrected chi connectivity index (χ2v) is 2.26. The van der Waals surface area contributed by atoms with Crippen molar-refractivity contribution in [2.45, 2.75) is 6.42 Å². The van der Waals surface area contributed by atoms with Crippen LogP contribution < -0.4 is 5.43 Å². The minimum atomic E-state index is 1.15. The second kappa shape index (κ2) is 1.20. The highest BCUT2D eigenvalue weighted by Crippen LogP contribution is 2.20. The average Bonchev–Trinajstić information content (AvgIpc) is 2.22. The van der Waals surface area contributed by atoms with E-state index in [1.54, 1.807) is 5.92 Å². The third kappa shape index (κ3) is 0.469. The molecule has 0 aromatic heterocycles. The minimum absolute atomic E-state index is 1.15. The van der Waals surface area contributed by atoms with Crippen molar-refractivity contribution in [1.82, 2.24) is 10.4 Å². The van der Waals surface area contributed by atoms with Gasteiger partial charge in [-0.1, -0.05) is 0 Å². The lowest BCUT2D eigenvalue weighted by molar-refractivity contribution is 0.273. The number of rotatable bonds is 0. The van der Waals surface area contributed by atoms with E-state index in [0.717, 1.165) is 6.54 Å². The summed E-state index contributed by atoms with van der Waals surface area (Å²) < 4.78 is 0. The summed E-state index contributed by atoms with van der Waals surface area (Å²) in [6.45, 7) is 3.62. The zero-order valence-electron chi connectivity index (χ0n) is 4.28. The third-order valence-corrected chi connectivity index (χ3v) is 1.70. The number of hydrogen-bond donors (Lipinski definition) is 1. The predicted octanol–water partition coefficient (Wildman–Crippen LogP) is -0.215. The Hall–Kier alpha value is -0.0800. The largest absolute Gasteiger partial charge is 0.255 e. The quantitative estimate of drug-likeness (QED) is 0.449. The molecule has 0 amide bonds. The van der Waals surface area contributed by atoms with Crippen LogP contribution in [-0.2, 0) is 0 Å². The number of nitrogens with zero attached hydrogens (tertiary/aromatic N) is 1. The first-order valence-electron chi connectivity index (χ1n) is 2.77. The molecular formula is C5H9N2. The Kier molecular flexibility index (Phi) is 0.664. The lowest BCUT2D eigenvalue weighted by atomic mass is 10.1. The average molecular weight is 97.1 g/mol. The van der Waals surface area contributed by atoms with Gasteiger partial charge in [0.15, 0.2) is 0 Å². The molecule has 0 aromatic rings. The van der Waals surface area contributed by atoms with Crippen LogP contribution in [-0.4, -0.2) is 24.6 Å². The van der Waals surface area contributed by atoms with Crippen molar-refractivity contribution in [3.05, 3.63) is 5.92 Å². The molecule has 2 heterocycles. The molecule has 1 unspecified atom stereocenters. The minimum Gasteiger partial charge on any atom is -0.255 e. The molecule has 1 N–H and O–H groups in total. The molecule has 2 rings (SSSR count). The van der Waals surface area contributed by atoms with E-state index in [4.69, 9.17) is 0 Å². The van der Waals surface area contributed by atoms with Gasteiger partial charge in [-0.3, -0.25) is 5.43 Å². The first-order chi connectivity index (χ1) is 3.45. The smallest absolute Gasteiger partial charge is 0.0207 e. The third-order valence-electron chi connectivity index (χ3n) is 1.70. The van der Waals surface area contributed by atoms with Crippen LogP contribution in [0.15, 0.2) is 0 Å². The molecule has 2 heteroatoms. The lowest BCUT2D eigenvalue weighted by Gasteiger charge is -2.11. The van der Waals surface area contributed by atoms with E-state index in [9.17, 15) is 0 Å². The molecule has 1 radical (unpaired) electrons. The Labute approximate surface area is 43.5 Å². The summed E-state index contributed by atoms with van der Waals surface area (Å²) in [4.78, 5) is 0. The van der Waals surface area contributed by atoms with Crippen molar-refractivity contribution >= 4 is 0 Å². The number of fused-ring (bicyclic) bond motifs is 2. The number of hydrazine groups is 1. The molecule has 0 aromatic carbocycles. The van der Waals surface area contributed by atoms with Gasteiger partial charge >= 0.3 is 0 Å². The molecule has 2 nitrogen and oxygen atoms in total. The van der Waals surface area contributed by atoms with Gasteiger partial charge in [-0.2, -0.15) is 0 Å². The Morgan fingerprint density at radius 2 is 2.57 bits per heavy atom. The fourth-order valence-electron chi connectivity index (χ4n) is 1.22. The van der Waals surface area contributed by atoms with Crippen molar-refractivity contribution < 1.29 is 0 Å². The van der Waals surface area contributed by atoms with Gasteiger partial charge in [-0.05, 0) is 6.42 Å². The van der Waals surface area contributed by atoms with Gasteiger partial charge in [-0.15, -0.1) is 0 Å². The Balaban J connectivity index is 2.12. The summed E-state index contributed by atoms with van der Waals surface area (Å²) in [6, 6.07) is 0. The monoisotopic (exact) mass is 97.1 g/mol. The van der Waals surface area contributed by atoms with E-state index in [1.807, 2.05) is 0 Å². The molecule has 2 saturated heterocycles. The zero-order valence-corrected chi connectivity index (χ0v) is 4.28. The van der Waals surface area contributed by atoms with Gasteiger partial charge < -0.3 is 0 Å². The standard InChI is InChI=1S/C5H9N2/c1-2-7-4-5(1)3-6-7/h6H,1-4H2. The maximum absolute atomic E-state index is 3.25. The van der Waals surface area contributed by atoms with Gasteiger partial charge in [0, 0.05) is 25.6 Å². The topological polar surface area (TPSA) is 15.3 Å². The normalized spacial score (nSPS) is 40.3. The first kappa shape index (κ1) is 3.87. The van der Waals surface area contributed by atoms with Crippen molar-refractivity contribution in [3.63, 3.8) is 0 Å². The van der Waals surface area contributed by atoms with Gasteiger partial charge in [-0.25, -0.2) is 5.01 Å². The molecule has 39 valence electrons. The van der Waals surface area contributed by atoms with Crippen LogP contribution in [0.4, 0.5) is 0 Å². The van der Waals surface area contributed by atoms with Crippen LogP contribution >= 0.6 is 0 Å². The summed E-state index contributed by atoms with van der Waals surface area (Å²) >= 11 is 0. The van der Waals surface area contributed by atoms with Crippen LogP contribution in [0.5, 0.6) is 0 Å². The number of hydrogen-bond acceptors (Lipinski definition) is 2. The molecule has 0 spiro atoms. The van der Waals surface area contributed by atoms with E-state index in [2.05, 4.69) is 10.4 Å². The van der Waals surface area contributed by atoms with Crippen molar-refractivity contribution in [1.29, 1.82) is 0 Å². The lowest BCUT2D eigenvalue weighted by Crippen LogP contribution is -2.31. The molecule has 1 atom stereocenters. The Bertz CT molecular complexity index is 64.1. The molecule has 2 fully saturated rings. The molecule has 7 heavy (non-hydrogen) atoms. The highest BCUT2D eigenvalue weighted by atomic mass is 15.5. The van der Waals surface area contributed by atoms with Crippen molar-refractivity contribution in [3.8, 4) is 0 Å². The van der Waals surface area contributed by atoms with Crippen LogP contribution in [0.2, 0.25) is 0 Å². The van der Waals surface area contributed by atoms with E-state index in [0.29, 0.717) is 0 Å². The Morgan fingerprint density at radius 1 is 1.57 bits per heavy atom. The maximum Gasteiger partial charge on any atom is 0.0207 e. The summed E-state index contributed by atoms with van der Waals surface area (Å²) in [5.74, 6) is 1.68. The van der Waals surface area contributed by atoms with Crippen molar-refractivity contribution in [2.75, 3.05) is 19.6 Å². The fraction of sp³-hybridized carbons (Fsp3) is 0.800. The van der Waals surface area contributed by atoms with Crippen LogP contribution in [0.25, 0.3) is 0 Å². The molecule has 2 bridgehead atoms.